The first-order valence-corrected chi connectivity index (χ1v) is 28.3. The lowest BCUT2D eigenvalue weighted by Gasteiger charge is -2.10. The van der Waals surface area contributed by atoms with Gasteiger partial charge in [0.2, 0.25) is 11.8 Å². The van der Waals surface area contributed by atoms with Crippen molar-refractivity contribution in [2.24, 2.45) is 0 Å². The van der Waals surface area contributed by atoms with Crippen molar-refractivity contribution in [2.45, 2.75) is 329 Å². The molecular formula is C56H112N2O5. The minimum atomic E-state index is -0.678. The van der Waals surface area contributed by atoms with Crippen LogP contribution < -0.4 is 10.6 Å². The van der Waals surface area contributed by atoms with Gasteiger partial charge in [0, 0.05) is 32.4 Å². The maximum atomic E-state index is 12.0. The van der Waals surface area contributed by atoms with Crippen molar-refractivity contribution >= 4 is 17.8 Å². The first-order chi connectivity index (χ1) is 30.9. The number of carbonyl (C=O) groups is 3. The summed E-state index contributed by atoms with van der Waals surface area (Å²) in [5.41, 5.74) is 0. The molecule has 0 fully saturated rings. The molecule has 0 radical (unpaired) electrons. The predicted octanol–water partition coefficient (Wildman–Crippen LogP) is 17.0. The molecular weight excluding hydrogens is 781 g/mol. The van der Waals surface area contributed by atoms with Crippen molar-refractivity contribution in [1.29, 1.82) is 0 Å². The van der Waals surface area contributed by atoms with Crippen LogP contribution in [-0.2, 0) is 14.4 Å². The predicted molar refractivity (Wildman–Crippen MR) is 274 cm³/mol. The molecule has 0 spiro atoms. The Morgan fingerprint density at radius 1 is 0.317 bits per heavy atom. The van der Waals surface area contributed by atoms with Crippen LogP contribution in [0.2, 0.25) is 0 Å². The third-order valence-corrected chi connectivity index (χ3v) is 12.9. The molecule has 0 aromatic carbocycles. The average Bonchev–Trinajstić information content (AvgIpc) is 3.27. The Hall–Kier alpha value is -1.63. The molecule has 2 amide bonds. The van der Waals surface area contributed by atoms with Gasteiger partial charge in [-0.15, -0.1) is 0 Å². The second-order valence-electron chi connectivity index (χ2n) is 19.4. The van der Waals surface area contributed by atoms with Gasteiger partial charge in [-0.1, -0.05) is 271 Å². The molecule has 0 rings (SSSR count). The monoisotopic (exact) mass is 893 g/mol. The number of rotatable bonds is 51. The molecule has 0 aliphatic carbocycles. The number of carboxylic acid groups (broad SMARTS) is 1. The van der Waals surface area contributed by atoms with Gasteiger partial charge in [-0.25, -0.2) is 0 Å². The summed E-state index contributed by atoms with van der Waals surface area (Å²) in [4.78, 5) is 34.4. The van der Waals surface area contributed by atoms with Gasteiger partial charge in [0.05, 0.1) is 6.10 Å². The lowest BCUT2D eigenvalue weighted by atomic mass is 10.0. The zero-order valence-corrected chi connectivity index (χ0v) is 42.8. The topological polar surface area (TPSA) is 116 Å². The smallest absolute Gasteiger partial charge is 0.303 e. The normalized spacial score (nSPS) is 11.6. The molecule has 0 aliphatic heterocycles. The SMILES string of the molecule is CCCCCCC(O)CCCCCCCCCCC(=O)O.CCCCCCCCCCCCCCCCCC(=O)NCCNC(=O)CCCCCCCCCCCCCCCCC. The maximum absolute atomic E-state index is 12.0. The zero-order chi connectivity index (χ0) is 46.4. The van der Waals surface area contributed by atoms with Gasteiger partial charge < -0.3 is 20.8 Å². The minimum Gasteiger partial charge on any atom is -0.481 e. The van der Waals surface area contributed by atoms with Crippen LogP contribution in [0.25, 0.3) is 0 Å². The van der Waals surface area contributed by atoms with Crippen LogP contribution in [0.15, 0.2) is 0 Å². The van der Waals surface area contributed by atoms with E-state index in [1.165, 1.54) is 218 Å². The molecule has 0 aromatic heterocycles. The lowest BCUT2D eigenvalue weighted by molar-refractivity contribution is -0.137. The average molecular weight is 894 g/mol. The Morgan fingerprint density at radius 3 is 0.778 bits per heavy atom. The van der Waals surface area contributed by atoms with E-state index in [-0.39, 0.29) is 17.9 Å². The van der Waals surface area contributed by atoms with E-state index in [0.717, 1.165) is 64.2 Å². The van der Waals surface area contributed by atoms with E-state index in [0.29, 0.717) is 32.4 Å². The fourth-order valence-electron chi connectivity index (χ4n) is 8.56. The van der Waals surface area contributed by atoms with Gasteiger partial charge in [0.25, 0.3) is 0 Å². The first kappa shape index (κ1) is 63.5. The molecule has 7 nitrogen and oxygen atoms in total. The molecule has 0 saturated heterocycles. The summed E-state index contributed by atoms with van der Waals surface area (Å²) in [6.45, 7) is 7.86. The highest BCUT2D eigenvalue weighted by Gasteiger charge is 2.05. The number of carboxylic acids is 1. The zero-order valence-electron chi connectivity index (χ0n) is 42.8. The van der Waals surface area contributed by atoms with E-state index in [1.807, 2.05) is 0 Å². The Labute approximate surface area is 393 Å². The van der Waals surface area contributed by atoms with Crippen molar-refractivity contribution in [3.63, 3.8) is 0 Å². The van der Waals surface area contributed by atoms with Crippen molar-refractivity contribution in [2.75, 3.05) is 13.1 Å². The number of amides is 2. The number of hydrogen-bond acceptors (Lipinski definition) is 4. The number of aliphatic hydroxyl groups excluding tert-OH is 1. The third-order valence-electron chi connectivity index (χ3n) is 12.9. The molecule has 4 N–H and O–H groups in total. The van der Waals surface area contributed by atoms with Crippen molar-refractivity contribution in [3.8, 4) is 0 Å². The summed E-state index contributed by atoms with van der Waals surface area (Å²) in [5.74, 6) is -0.425. The van der Waals surface area contributed by atoms with Gasteiger partial charge in [0.1, 0.15) is 0 Å². The van der Waals surface area contributed by atoms with Gasteiger partial charge in [0.15, 0.2) is 0 Å². The van der Waals surface area contributed by atoms with Crippen LogP contribution in [0, 0.1) is 0 Å². The number of aliphatic carboxylic acids is 1. The third kappa shape index (κ3) is 60.4. The summed E-state index contributed by atoms with van der Waals surface area (Å²) in [6.07, 6.45) is 57.7. The Bertz CT molecular complexity index is 866. The largest absolute Gasteiger partial charge is 0.481 e. The fourth-order valence-corrected chi connectivity index (χ4v) is 8.56. The summed E-state index contributed by atoms with van der Waals surface area (Å²) in [6, 6.07) is 0. The van der Waals surface area contributed by atoms with Gasteiger partial charge >= 0.3 is 5.97 Å². The van der Waals surface area contributed by atoms with Crippen LogP contribution in [0.3, 0.4) is 0 Å². The van der Waals surface area contributed by atoms with E-state index in [9.17, 15) is 19.5 Å². The molecule has 1 atom stereocenters. The summed E-state index contributed by atoms with van der Waals surface area (Å²) >= 11 is 0. The van der Waals surface area contributed by atoms with Crippen LogP contribution >= 0.6 is 0 Å². The highest BCUT2D eigenvalue weighted by atomic mass is 16.4. The van der Waals surface area contributed by atoms with Crippen LogP contribution in [0.1, 0.15) is 323 Å². The summed E-state index contributed by atoms with van der Waals surface area (Å²) in [5, 5.41) is 24.3. The molecule has 0 heterocycles. The van der Waals surface area contributed by atoms with Crippen molar-refractivity contribution < 1.29 is 24.6 Å². The number of carbonyl (C=O) groups excluding carboxylic acids is 2. The van der Waals surface area contributed by atoms with Crippen LogP contribution in [0.4, 0.5) is 0 Å². The fraction of sp³-hybridized carbons (Fsp3) is 0.946. The summed E-state index contributed by atoms with van der Waals surface area (Å²) < 4.78 is 0. The standard InChI is InChI=1S/C38H76N2O2.C18H36O3/c1-3-5-7-9-11-13-15-17-19-21-23-25-27-29-31-33-37(41)39-35-36-40-38(42)34-32-30-28-26-24-22-20-18-16-14-12-10-8-6-4-2;1-2-3-4-11-14-17(19)15-12-9-7-5-6-8-10-13-16-18(20)21/h3-36H2,1-2H3,(H,39,41)(H,40,42);17,19H,2-16H2,1H3,(H,20,21). The van der Waals surface area contributed by atoms with Crippen LogP contribution in [-0.4, -0.2) is 47.2 Å². The van der Waals surface area contributed by atoms with Crippen molar-refractivity contribution in [3.05, 3.63) is 0 Å². The second kappa shape index (κ2) is 56.5. The molecule has 63 heavy (non-hydrogen) atoms. The van der Waals surface area contributed by atoms with Gasteiger partial charge in [-0.05, 0) is 32.1 Å². The number of nitrogens with one attached hydrogen (secondary N) is 2. The quantitative estimate of drug-likeness (QED) is 0.0454. The second-order valence-corrected chi connectivity index (χ2v) is 19.4. The maximum Gasteiger partial charge on any atom is 0.303 e. The number of hydrogen-bond donors (Lipinski definition) is 4. The molecule has 376 valence electrons. The van der Waals surface area contributed by atoms with E-state index in [2.05, 4.69) is 31.4 Å². The van der Waals surface area contributed by atoms with E-state index < -0.39 is 5.97 Å². The molecule has 7 heteroatoms. The van der Waals surface area contributed by atoms with E-state index in [1.54, 1.807) is 0 Å². The summed E-state index contributed by atoms with van der Waals surface area (Å²) in [7, 11) is 0. The lowest BCUT2D eigenvalue weighted by Crippen LogP contribution is -2.34. The number of unbranched alkanes of at least 4 members (excludes halogenated alkanes) is 38. The van der Waals surface area contributed by atoms with E-state index in [4.69, 9.17) is 5.11 Å². The molecule has 0 aliphatic rings. The molecule has 0 bridgehead atoms. The van der Waals surface area contributed by atoms with Crippen LogP contribution in [0.5, 0.6) is 0 Å². The highest BCUT2D eigenvalue weighted by Crippen LogP contribution is 2.17. The highest BCUT2D eigenvalue weighted by molar-refractivity contribution is 5.77. The van der Waals surface area contributed by atoms with Gasteiger partial charge in [-0.3, -0.25) is 14.4 Å². The van der Waals surface area contributed by atoms with Crippen molar-refractivity contribution in [1.82, 2.24) is 10.6 Å². The number of aliphatic hydroxyl groups is 1. The minimum absolute atomic E-state index is 0.0853. The Morgan fingerprint density at radius 2 is 0.524 bits per heavy atom. The van der Waals surface area contributed by atoms with Gasteiger partial charge in [-0.2, -0.15) is 0 Å². The molecule has 1 unspecified atom stereocenters. The van der Waals surface area contributed by atoms with E-state index >= 15 is 0 Å². The molecule has 0 saturated carbocycles. The Balaban J connectivity index is 0. The Kier molecular flexibility index (Phi) is 56.9. The first-order valence-electron chi connectivity index (χ1n) is 28.3. The molecule has 0 aromatic rings.